The van der Waals surface area contributed by atoms with Crippen LogP contribution in [0.15, 0.2) is 24.3 Å². The van der Waals surface area contributed by atoms with Crippen molar-refractivity contribution >= 4 is 47.4 Å². The molecule has 0 saturated carbocycles. The van der Waals surface area contributed by atoms with Gasteiger partial charge in [-0.3, -0.25) is 71.5 Å². The molecule has 8 N–H and O–H groups in total. The standard InChI is InChI=1S/C58H94N8O13/c1-9-13-17-21-25-29-33-75-47-39-48(76-34-30-26-22-18-14-10-2)44(37-43(47)53(70)62-59-42(5)67)54(71)63-60-51(68)41-52(69)61-64-55(72)45-38-46(56(73)65-66-57(74)79-58(6,7)8)50(78-36-32-28-24-20-16-12-4)40-49(45)77-35-31-27-23-19-15-11-3/h37-40H,9-36,41H2,1-8H3,(H,59,67)(H,60,68)(H,61,69)(H,62,70)(H,63,71)(H,64,72)(H,65,73)(H,66,74). The highest BCUT2D eigenvalue weighted by atomic mass is 16.6. The van der Waals surface area contributed by atoms with Crippen molar-refractivity contribution in [1.82, 2.24) is 43.4 Å². The molecule has 0 radical (unpaired) electrons. The van der Waals surface area contributed by atoms with E-state index in [-0.39, 0.29) is 71.7 Å². The van der Waals surface area contributed by atoms with Crippen molar-refractivity contribution in [3.63, 3.8) is 0 Å². The summed E-state index contributed by atoms with van der Waals surface area (Å²) in [7, 11) is 0. The molecule has 21 heteroatoms. The van der Waals surface area contributed by atoms with Crippen LogP contribution in [0.25, 0.3) is 0 Å². The number of rotatable bonds is 38. The van der Waals surface area contributed by atoms with Gasteiger partial charge in [0.05, 0.1) is 48.7 Å². The summed E-state index contributed by atoms with van der Waals surface area (Å²) in [4.78, 5) is 105. The van der Waals surface area contributed by atoms with Crippen molar-refractivity contribution in [1.29, 1.82) is 0 Å². The van der Waals surface area contributed by atoms with Crippen molar-refractivity contribution in [3.05, 3.63) is 46.5 Å². The zero-order valence-corrected chi connectivity index (χ0v) is 48.6. The molecule has 0 fully saturated rings. The van der Waals surface area contributed by atoms with Crippen molar-refractivity contribution in [2.75, 3.05) is 26.4 Å². The highest BCUT2D eigenvalue weighted by molar-refractivity contribution is 6.06. The van der Waals surface area contributed by atoms with Gasteiger partial charge in [-0.2, -0.15) is 0 Å². The molecule has 8 amide bonds. The summed E-state index contributed by atoms with van der Waals surface area (Å²) in [6, 6.07) is 5.31. The average molecular weight is 1110 g/mol. The third kappa shape index (κ3) is 30.2. The van der Waals surface area contributed by atoms with Gasteiger partial charge in [-0.05, 0) is 58.6 Å². The van der Waals surface area contributed by atoms with Crippen LogP contribution < -0.4 is 62.4 Å². The van der Waals surface area contributed by atoms with Crippen LogP contribution >= 0.6 is 0 Å². The molecule has 0 aromatic heterocycles. The van der Waals surface area contributed by atoms with Gasteiger partial charge in [0.25, 0.3) is 23.6 Å². The molecule has 444 valence electrons. The highest BCUT2D eigenvalue weighted by Crippen LogP contribution is 2.32. The summed E-state index contributed by atoms with van der Waals surface area (Å²) >= 11 is 0. The number of unbranched alkanes of at least 4 members (excludes halogenated alkanes) is 20. The van der Waals surface area contributed by atoms with Crippen LogP contribution in [0.3, 0.4) is 0 Å². The van der Waals surface area contributed by atoms with Gasteiger partial charge in [-0.1, -0.05) is 156 Å². The molecule has 0 aliphatic rings. The summed E-state index contributed by atoms with van der Waals surface area (Å²) in [5.41, 5.74) is 16.6. The number of carbonyl (C=O) groups excluding carboxylic acids is 8. The second kappa shape index (κ2) is 40.4. The fourth-order valence-electron chi connectivity index (χ4n) is 7.88. The first kappa shape index (κ1) is 68.3. The smallest absolute Gasteiger partial charge is 0.426 e. The van der Waals surface area contributed by atoms with Gasteiger partial charge < -0.3 is 23.7 Å². The normalized spacial score (nSPS) is 10.9. The molecule has 2 aromatic carbocycles. The van der Waals surface area contributed by atoms with Gasteiger partial charge in [0.15, 0.2) is 0 Å². The van der Waals surface area contributed by atoms with E-state index in [1.165, 1.54) is 31.2 Å². The molecular weight excluding hydrogens is 1020 g/mol. The third-order valence-corrected chi connectivity index (χ3v) is 12.1. The lowest BCUT2D eigenvalue weighted by molar-refractivity contribution is -0.130. The van der Waals surface area contributed by atoms with E-state index < -0.39 is 59.5 Å². The molecule has 21 nitrogen and oxygen atoms in total. The van der Waals surface area contributed by atoms with E-state index in [9.17, 15) is 38.4 Å². The predicted octanol–water partition coefficient (Wildman–Crippen LogP) is 10.2. The lowest BCUT2D eigenvalue weighted by Gasteiger charge is -2.20. The van der Waals surface area contributed by atoms with Gasteiger partial charge in [0.1, 0.15) is 35.0 Å². The number of nitrogens with one attached hydrogen (secondary N) is 8. The average Bonchev–Trinajstić information content (AvgIpc) is 3.44. The molecule has 79 heavy (non-hydrogen) atoms. The molecule has 0 heterocycles. The maximum absolute atomic E-state index is 13.9. The van der Waals surface area contributed by atoms with Crippen LogP contribution in [0.2, 0.25) is 0 Å². The van der Waals surface area contributed by atoms with Gasteiger partial charge in [0, 0.05) is 19.1 Å². The van der Waals surface area contributed by atoms with Crippen molar-refractivity contribution in [2.24, 2.45) is 0 Å². The summed E-state index contributed by atoms with van der Waals surface area (Å²) in [6.45, 7) is 15.7. The minimum atomic E-state index is -0.986. The first-order valence-electron chi connectivity index (χ1n) is 28.9. The topological polar surface area (TPSA) is 279 Å². The molecule has 0 aliphatic carbocycles. The second-order valence-electron chi connectivity index (χ2n) is 20.6. The Morgan fingerprint density at radius 3 is 0.899 bits per heavy atom. The van der Waals surface area contributed by atoms with Crippen LogP contribution in [0.1, 0.15) is 257 Å². The summed E-state index contributed by atoms with van der Waals surface area (Å²) in [6.07, 6.45) is 21.8. The molecule has 2 aromatic rings. The predicted molar refractivity (Wildman–Crippen MR) is 302 cm³/mol. The Bertz CT molecular complexity index is 2200. The third-order valence-electron chi connectivity index (χ3n) is 12.1. The number of hydrogen-bond donors (Lipinski definition) is 8. The zero-order chi connectivity index (χ0) is 58.3. The van der Waals surface area contributed by atoms with Crippen LogP contribution in [0.4, 0.5) is 4.79 Å². The number of amides is 8. The van der Waals surface area contributed by atoms with Gasteiger partial charge in [-0.15, -0.1) is 0 Å². The van der Waals surface area contributed by atoms with Crippen molar-refractivity contribution in [3.8, 4) is 23.0 Å². The van der Waals surface area contributed by atoms with E-state index in [1.807, 2.05) is 0 Å². The van der Waals surface area contributed by atoms with E-state index in [0.29, 0.717) is 25.7 Å². The first-order chi connectivity index (χ1) is 37.9. The Kier molecular flexibility index (Phi) is 34.9. The number of hydrazine groups is 4. The van der Waals surface area contributed by atoms with E-state index in [2.05, 4.69) is 71.1 Å². The monoisotopic (exact) mass is 1110 g/mol. The van der Waals surface area contributed by atoms with Crippen LogP contribution in [-0.2, 0) is 19.1 Å². The van der Waals surface area contributed by atoms with Crippen molar-refractivity contribution in [2.45, 2.75) is 222 Å². The molecule has 0 unspecified atom stereocenters. The van der Waals surface area contributed by atoms with Crippen LogP contribution in [0.5, 0.6) is 23.0 Å². The van der Waals surface area contributed by atoms with E-state index in [1.54, 1.807) is 20.8 Å². The minimum absolute atomic E-state index is 0.0545. The van der Waals surface area contributed by atoms with Gasteiger partial charge in [0.2, 0.25) is 17.7 Å². The fraction of sp³-hybridized carbons (Fsp3) is 0.655. The largest absolute Gasteiger partial charge is 0.493 e. The highest BCUT2D eigenvalue weighted by Gasteiger charge is 2.26. The van der Waals surface area contributed by atoms with Crippen LogP contribution in [0, 0.1) is 0 Å². The van der Waals surface area contributed by atoms with E-state index >= 15 is 0 Å². The van der Waals surface area contributed by atoms with Crippen molar-refractivity contribution < 1.29 is 62.0 Å². The SMILES string of the molecule is CCCCCCCCOc1cc(OCCCCCCCC)c(C(=O)NNC(=O)CC(=O)NNC(=O)c2cc(C(=O)NNC(=O)OC(C)(C)C)c(OCCCCCCCC)cc2OCCCCCCCC)cc1C(=O)NNC(C)=O. The quantitative estimate of drug-likeness (QED) is 0.0177. The Balaban J connectivity index is 2.35. The lowest BCUT2D eigenvalue weighted by Crippen LogP contribution is -2.47. The maximum Gasteiger partial charge on any atom is 0.426 e. The molecule has 0 saturated heterocycles. The van der Waals surface area contributed by atoms with E-state index in [4.69, 9.17) is 23.7 Å². The minimum Gasteiger partial charge on any atom is -0.493 e. The van der Waals surface area contributed by atoms with Gasteiger partial charge in [-0.25, -0.2) is 10.2 Å². The number of benzene rings is 2. The lowest BCUT2D eigenvalue weighted by atomic mass is 10.1. The number of ether oxygens (including phenoxy) is 5. The Morgan fingerprint density at radius 2 is 0.620 bits per heavy atom. The molecular formula is C58H94N8O13. The molecule has 0 spiro atoms. The zero-order valence-electron chi connectivity index (χ0n) is 48.6. The molecule has 0 atom stereocenters. The van der Waals surface area contributed by atoms with Crippen LogP contribution in [-0.4, -0.2) is 79.5 Å². The van der Waals surface area contributed by atoms with E-state index in [0.717, 1.165) is 128 Å². The Labute approximate surface area is 468 Å². The summed E-state index contributed by atoms with van der Waals surface area (Å²) in [5.74, 6) is -5.59. The number of hydrogen-bond acceptors (Lipinski definition) is 13. The number of carbonyl (C=O) groups is 8. The molecule has 0 aliphatic heterocycles. The first-order valence-corrected chi connectivity index (χ1v) is 28.9. The second-order valence-corrected chi connectivity index (χ2v) is 20.6. The Morgan fingerprint density at radius 1 is 0.354 bits per heavy atom. The summed E-state index contributed by atoms with van der Waals surface area (Å²) < 4.78 is 29.7. The fourth-order valence-corrected chi connectivity index (χ4v) is 7.88. The summed E-state index contributed by atoms with van der Waals surface area (Å²) in [5, 5.41) is 0. The maximum atomic E-state index is 13.9. The molecule has 2 rings (SSSR count). The molecule has 0 bridgehead atoms. The Hall–Kier alpha value is -6.80. The van der Waals surface area contributed by atoms with Gasteiger partial charge >= 0.3 is 6.09 Å².